The highest BCUT2D eigenvalue weighted by Crippen LogP contribution is 2.29. The third-order valence-electron chi connectivity index (χ3n) is 8.35. The van der Waals surface area contributed by atoms with E-state index in [-0.39, 0.29) is 41.5 Å². The molecular formula is C31H33N9O3. The van der Waals surface area contributed by atoms with Crippen LogP contribution in [0.5, 0.6) is 6.01 Å². The second-order valence-electron chi connectivity index (χ2n) is 11.0. The first kappa shape index (κ1) is 28.2. The molecule has 0 aliphatic carbocycles. The summed E-state index contributed by atoms with van der Waals surface area (Å²) >= 11 is 0. The number of nitriles is 1. The van der Waals surface area contributed by atoms with Gasteiger partial charge >= 0.3 is 6.01 Å². The molecule has 220 valence electrons. The third kappa shape index (κ3) is 5.28. The van der Waals surface area contributed by atoms with Gasteiger partial charge in [-0.15, -0.1) is 0 Å². The highest BCUT2D eigenvalue weighted by Gasteiger charge is 2.32. The van der Waals surface area contributed by atoms with Crippen molar-refractivity contribution in [2.45, 2.75) is 38.3 Å². The number of anilines is 1. The number of ether oxygens (including phenoxy) is 1. The lowest BCUT2D eigenvalue weighted by atomic mass is 10.1. The normalized spacial score (nSPS) is 19.1. The van der Waals surface area contributed by atoms with Gasteiger partial charge in [-0.05, 0) is 63.7 Å². The molecule has 4 aromatic rings. The Bertz CT molecular complexity index is 1810. The molecule has 2 aliphatic rings. The van der Waals surface area contributed by atoms with Crippen LogP contribution in [0.2, 0.25) is 0 Å². The van der Waals surface area contributed by atoms with E-state index in [0.29, 0.717) is 49.1 Å². The first-order chi connectivity index (χ1) is 20.9. The Morgan fingerprint density at radius 1 is 1.14 bits per heavy atom. The van der Waals surface area contributed by atoms with E-state index in [1.807, 2.05) is 35.2 Å². The molecule has 6 rings (SSSR count). The summed E-state index contributed by atoms with van der Waals surface area (Å²) in [5.41, 5.74) is 1.55. The van der Waals surface area contributed by atoms with Gasteiger partial charge in [0.25, 0.3) is 5.56 Å². The number of rotatable bonds is 7. The van der Waals surface area contributed by atoms with Crippen molar-refractivity contribution in [1.82, 2.24) is 34.3 Å². The Morgan fingerprint density at radius 2 is 2.00 bits per heavy atom. The van der Waals surface area contributed by atoms with Gasteiger partial charge in [0.2, 0.25) is 5.91 Å². The number of benzene rings is 1. The van der Waals surface area contributed by atoms with E-state index in [2.05, 4.69) is 34.6 Å². The van der Waals surface area contributed by atoms with Crippen molar-refractivity contribution in [1.29, 1.82) is 5.26 Å². The number of pyridine rings is 1. The zero-order valence-corrected chi connectivity index (χ0v) is 24.3. The van der Waals surface area contributed by atoms with Crippen LogP contribution in [0.15, 0.2) is 54.0 Å². The molecule has 2 unspecified atom stereocenters. The lowest BCUT2D eigenvalue weighted by Crippen LogP contribution is -2.55. The predicted octanol–water partition coefficient (Wildman–Crippen LogP) is 2.62. The van der Waals surface area contributed by atoms with Crippen LogP contribution in [0, 0.1) is 18.3 Å². The van der Waals surface area contributed by atoms with E-state index >= 15 is 0 Å². The number of hydrogen-bond donors (Lipinski definition) is 0. The predicted molar refractivity (Wildman–Crippen MR) is 162 cm³/mol. The molecule has 2 saturated heterocycles. The number of fused-ring (bicyclic) bond motifs is 2. The lowest BCUT2D eigenvalue weighted by Gasteiger charge is -2.40. The number of hydrogen-bond acceptors (Lipinski definition) is 10. The Labute approximate surface area is 248 Å². The molecule has 12 nitrogen and oxygen atoms in total. The van der Waals surface area contributed by atoms with Gasteiger partial charge < -0.3 is 19.4 Å². The molecule has 0 radical (unpaired) electrons. The van der Waals surface area contributed by atoms with Crippen molar-refractivity contribution in [3.05, 3.63) is 65.4 Å². The van der Waals surface area contributed by atoms with Crippen LogP contribution in [-0.2, 0) is 4.79 Å². The molecule has 2 atom stereocenters. The van der Waals surface area contributed by atoms with E-state index in [4.69, 9.17) is 14.7 Å². The van der Waals surface area contributed by atoms with E-state index in [0.717, 1.165) is 30.3 Å². The summed E-state index contributed by atoms with van der Waals surface area (Å²) in [6.45, 7) is 7.91. The number of likely N-dealkylation sites (N-methyl/N-ethyl adjacent to an activating group) is 1. The van der Waals surface area contributed by atoms with Crippen molar-refractivity contribution in [2.24, 2.45) is 0 Å². The van der Waals surface area contributed by atoms with Gasteiger partial charge in [-0.25, -0.2) is 4.98 Å². The SMILES string of the molecule is C=CC(=O)N1CCN(c2nc(OCC3CCCN3C)nc3c(=O)n(-c4cccc5ncccc45)c(C)nc23)CC1CC#N. The Balaban J connectivity index is 1.48. The van der Waals surface area contributed by atoms with E-state index < -0.39 is 0 Å². The monoisotopic (exact) mass is 579 g/mol. The molecule has 12 heteroatoms. The Kier molecular flexibility index (Phi) is 7.73. The average Bonchev–Trinajstić information content (AvgIpc) is 3.44. The Hall–Kier alpha value is -4.89. The molecule has 1 amide bonds. The van der Waals surface area contributed by atoms with E-state index in [9.17, 15) is 14.9 Å². The summed E-state index contributed by atoms with van der Waals surface area (Å²) < 4.78 is 7.70. The van der Waals surface area contributed by atoms with Crippen LogP contribution in [0.4, 0.5) is 5.82 Å². The smallest absolute Gasteiger partial charge is 0.319 e. The first-order valence-corrected chi connectivity index (χ1v) is 14.4. The quantitative estimate of drug-likeness (QED) is 0.301. The fourth-order valence-electron chi connectivity index (χ4n) is 6.09. The molecule has 2 aliphatic heterocycles. The molecule has 43 heavy (non-hydrogen) atoms. The number of aryl methyl sites for hydroxylation is 1. The van der Waals surface area contributed by atoms with Crippen LogP contribution < -0.4 is 15.2 Å². The van der Waals surface area contributed by atoms with Gasteiger partial charge in [0.1, 0.15) is 17.9 Å². The second-order valence-corrected chi connectivity index (χ2v) is 11.0. The number of carbonyl (C=O) groups excluding carboxylic acids is 1. The summed E-state index contributed by atoms with van der Waals surface area (Å²) in [7, 11) is 2.07. The molecule has 1 aromatic carbocycles. The summed E-state index contributed by atoms with van der Waals surface area (Å²) in [6, 6.07) is 11.5. The largest absolute Gasteiger partial charge is 0.462 e. The Morgan fingerprint density at radius 3 is 2.77 bits per heavy atom. The molecule has 0 bridgehead atoms. The van der Waals surface area contributed by atoms with Gasteiger partial charge in [-0.3, -0.25) is 19.1 Å². The van der Waals surface area contributed by atoms with Crippen molar-refractivity contribution in [3.63, 3.8) is 0 Å². The number of piperazine rings is 1. The minimum atomic E-state index is -0.379. The number of nitrogens with zero attached hydrogens (tertiary/aromatic N) is 9. The van der Waals surface area contributed by atoms with Crippen LogP contribution in [-0.4, -0.2) is 92.1 Å². The zero-order valence-electron chi connectivity index (χ0n) is 24.3. The van der Waals surface area contributed by atoms with Gasteiger partial charge in [0, 0.05) is 37.3 Å². The van der Waals surface area contributed by atoms with Gasteiger partial charge in [-0.1, -0.05) is 12.6 Å². The van der Waals surface area contributed by atoms with Gasteiger partial charge in [-0.2, -0.15) is 15.2 Å². The first-order valence-electron chi connectivity index (χ1n) is 14.4. The van der Waals surface area contributed by atoms with Crippen LogP contribution in [0.1, 0.15) is 25.1 Å². The third-order valence-corrected chi connectivity index (χ3v) is 8.35. The molecule has 2 fully saturated rings. The number of aromatic nitrogens is 5. The molecule has 0 spiro atoms. The second kappa shape index (κ2) is 11.8. The summed E-state index contributed by atoms with van der Waals surface area (Å²) in [6.07, 6.45) is 5.23. The fraction of sp³-hybridized carbons (Fsp3) is 0.387. The molecule has 0 saturated carbocycles. The summed E-state index contributed by atoms with van der Waals surface area (Å²) in [5, 5.41) is 10.3. The number of amides is 1. The molecular weight excluding hydrogens is 546 g/mol. The maximum absolute atomic E-state index is 14.3. The van der Waals surface area contributed by atoms with Gasteiger partial charge in [0.05, 0.1) is 29.7 Å². The summed E-state index contributed by atoms with van der Waals surface area (Å²) in [4.78, 5) is 51.4. The average molecular weight is 580 g/mol. The minimum absolute atomic E-state index is 0.0955. The fourth-order valence-corrected chi connectivity index (χ4v) is 6.09. The zero-order chi connectivity index (χ0) is 30.1. The maximum atomic E-state index is 14.3. The van der Waals surface area contributed by atoms with E-state index in [1.54, 1.807) is 22.6 Å². The van der Waals surface area contributed by atoms with Gasteiger partial charge in [0.15, 0.2) is 11.3 Å². The maximum Gasteiger partial charge on any atom is 0.319 e. The van der Waals surface area contributed by atoms with Crippen molar-refractivity contribution in [2.75, 3.05) is 44.7 Å². The van der Waals surface area contributed by atoms with E-state index in [1.165, 1.54) is 6.08 Å². The number of carbonyl (C=O) groups is 1. The molecule has 3 aromatic heterocycles. The standard InChI is InChI=1S/C31H33N9O3/c1-4-26(41)39-17-16-38(18-21(39)12-13-32)29-27-28(35-31(36-29)43-19-22-8-7-15-37(22)3)30(42)40(20(2)34-27)25-11-5-10-24-23(25)9-6-14-33-24/h4-6,9-11,14,21-22H,1,7-8,12,15-19H2,2-3H3. The van der Waals surface area contributed by atoms with Crippen LogP contribution in [0.3, 0.4) is 0 Å². The molecule has 0 N–H and O–H groups in total. The number of likely N-dealkylation sites (tertiary alicyclic amines) is 1. The topological polar surface area (TPSA) is 133 Å². The van der Waals surface area contributed by atoms with Crippen molar-refractivity contribution >= 4 is 33.7 Å². The highest BCUT2D eigenvalue weighted by atomic mass is 16.5. The lowest BCUT2D eigenvalue weighted by molar-refractivity contribution is -0.128. The molecule has 5 heterocycles. The van der Waals surface area contributed by atoms with Crippen molar-refractivity contribution < 1.29 is 9.53 Å². The highest BCUT2D eigenvalue weighted by molar-refractivity contribution is 5.90. The van der Waals surface area contributed by atoms with Crippen molar-refractivity contribution in [3.8, 4) is 17.8 Å². The minimum Gasteiger partial charge on any atom is -0.462 e. The van der Waals surface area contributed by atoms with Crippen LogP contribution in [0.25, 0.3) is 27.6 Å². The van der Waals surface area contributed by atoms with Crippen LogP contribution >= 0.6 is 0 Å². The summed E-state index contributed by atoms with van der Waals surface area (Å²) in [5.74, 6) is 0.688.